The molecule has 0 spiro atoms. The molecule has 1 atom stereocenters. The Morgan fingerprint density at radius 1 is 0.354 bits per heavy atom. The number of nitrogens with zero attached hydrogens (tertiary/aromatic N) is 2. The van der Waals surface area contributed by atoms with E-state index < -0.39 is 13.2 Å². The normalized spacial score (nSPS) is 13.2. The van der Waals surface area contributed by atoms with E-state index in [1.54, 1.807) is 0 Å². The Bertz CT molecular complexity index is 4130. The lowest BCUT2D eigenvalue weighted by molar-refractivity contribution is 0.592. The van der Waals surface area contributed by atoms with Gasteiger partial charge in [0.05, 0.1) is 16.6 Å². The van der Waals surface area contributed by atoms with Crippen LogP contribution in [0, 0.1) is 0 Å². The Hall–Kier alpha value is -7.19. The number of aromatic nitrogens is 2. The Kier molecular flexibility index (Phi) is 8.64. The minimum Gasteiger partial charge on any atom is -0.309 e. The number of imidazole rings is 1. The third kappa shape index (κ3) is 5.85. The summed E-state index contributed by atoms with van der Waals surface area (Å²) in [6, 6.07) is 78.6. The second-order valence-corrected chi connectivity index (χ2v) is 24.2. The van der Waals surface area contributed by atoms with Crippen LogP contribution in [-0.4, -0.2) is 9.38 Å². The molecule has 0 fully saturated rings. The topological polar surface area (TPSA) is 34.4 Å². The highest BCUT2D eigenvalue weighted by Gasteiger charge is 2.32. The molecule has 13 rings (SSSR count). The summed E-state index contributed by atoms with van der Waals surface area (Å²) in [5.41, 5.74) is 3.63. The molecule has 11 aromatic carbocycles. The SMILES string of the molecule is O=P(c1ccc2ccccc2c1)(c1ccc2ccccc2c1)c1ccc2c(c1)nc1c3c4ccccc4ccc3c3ccc(P(=S)(c4ccccc4)c4ccc5ccccc5c4)cc3n21. The molecule has 0 saturated carbocycles. The van der Waals surface area contributed by atoms with Gasteiger partial charge >= 0.3 is 0 Å². The minimum atomic E-state index is -3.44. The van der Waals surface area contributed by atoms with E-state index in [4.69, 9.17) is 16.8 Å². The Labute approximate surface area is 380 Å². The van der Waals surface area contributed by atoms with Gasteiger partial charge in [0.2, 0.25) is 0 Å². The highest BCUT2D eigenvalue weighted by molar-refractivity contribution is 8.25. The molecule has 0 aliphatic carbocycles. The Morgan fingerprint density at radius 2 is 0.815 bits per heavy atom. The third-order valence-corrected chi connectivity index (χ3v) is 21.4. The van der Waals surface area contributed by atoms with Crippen LogP contribution in [0.1, 0.15) is 0 Å². The van der Waals surface area contributed by atoms with Gasteiger partial charge in [0, 0.05) is 32.7 Å². The van der Waals surface area contributed by atoms with E-state index in [-0.39, 0.29) is 0 Å². The number of rotatable bonds is 6. The summed E-state index contributed by atoms with van der Waals surface area (Å²) in [6.45, 7) is 0. The summed E-state index contributed by atoms with van der Waals surface area (Å²) in [5.74, 6) is 0. The third-order valence-electron chi connectivity index (χ3n) is 13.4. The zero-order valence-corrected chi connectivity index (χ0v) is 37.7. The van der Waals surface area contributed by atoms with Gasteiger partial charge in [-0.2, -0.15) is 0 Å². The fourth-order valence-electron chi connectivity index (χ4n) is 10.2. The van der Waals surface area contributed by atoms with Crippen LogP contribution in [0.3, 0.4) is 0 Å². The molecule has 3 nitrogen and oxygen atoms in total. The highest BCUT2D eigenvalue weighted by Crippen LogP contribution is 2.47. The summed E-state index contributed by atoms with van der Waals surface area (Å²) < 4.78 is 18.8. The van der Waals surface area contributed by atoms with Crippen LogP contribution < -0.4 is 31.8 Å². The van der Waals surface area contributed by atoms with Gasteiger partial charge in [0.15, 0.2) is 7.14 Å². The van der Waals surface area contributed by atoms with Crippen molar-refractivity contribution in [3.8, 4) is 0 Å². The molecular weight excluding hydrogens is 847 g/mol. The van der Waals surface area contributed by atoms with Crippen molar-refractivity contribution in [2.45, 2.75) is 0 Å². The summed E-state index contributed by atoms with van der Waals surface area (Å²) >= 11 is 7.05. The van der Waals surface area contributed by atoms with Crippen LogP contribution >= 0.6 is 13.2 Å². The fraction of sp³-hybridized carbons (Fsp3) is 0. The number of hydrogen-bond donors (Lipinski definition) is 0. The van der Waals surface area contributed by atoms with Gasteiger partial charge in [-0.25, -0.2) is 4.98 Å². The maximum atomic E-state index is 16.4. The number of benzene rings is 11. The fourth-order valence-corrected chi connectivity index (χ4v) is 16.6. The molecule has 2 heterocycles. The summed E-state index contributed by atoms with van der Waals surface area (Å²) in [4.78, 5) is 5.57. The molecule has 0 saturated heterocycles. The van der Waals surface area contributed by atoms with Gasteiger partial charge in [-0.1, -0.05) is 200 Å². The molecule has 0 radical (unpaired) electrons. The van der Waals surface area contributed by atoms with Crippen LogP contribution in [0.2, 0.25) is 0 Å². The van der Waals surface area contributed by atoms with E-state index in [0.717, 1.165) is 103 Å². The van der Waals surface area contributed by atoms with Gasteiger partial charge in [-0.05, 0) is 107 Å². The first-order chi connectivity index (χ1) is 31.9. The molecule has 65 heavy (non-hydrogen) atoms. The Morgan fingerprint density at radius 3 is 1.46 bits per heavy atom. The molecular formula is C59H38N2OP2S. The predicted molar refractivity (Wildman–Crippen MR) is 283 cm³/mol. The van der Waals surface area contributed by atoms with Gasteiger partial charge in [0.25, 0.3) is 0 Å². The lowest BCUT2D eigenvalue weighted by atomic mass is 9.99. The molecule has 0 N–H and O–H groups in total. The van der Waals surface area contributed by atoms with E-state index in [1.807, 2.05) is 36.4 Å². The van der Waals surface area contributed by atoms with E-state index in [1.165, 1.54) is 10.8 Å². The minimum absolute atomic E-state index is 0.744. The second-order valence-electron chi connectivity index (χ2n) is 17.0. The smallest absolute Gasteiger partial charge is 0.171 e. The second kappa shape index (κ2) is 14.7. The highest BCUT2D eigenvalue weighted by atomic mass is 32.4. The number of hydrogen-bond acceptors (Lipinski definition) is 3. The van der Waals surface area contributed by atoms with Crippen LogP contribution in [-0.2, 0) is 16.4 Å². The van der Waals surface area contributed by atoms with Crippen molar-refractivity contribution in [1.29, 1.82) is 0 Å². The predicted octanol–water partition coefficient (Wildman–Crippen LogP) is 12.8. The lowest BCUT2D eigenvalue weighted by Gasteiger charge is -2.25. The summed E-state index contributed by atoms with van der Waals surface area (Å²) in [5, 5.41) is 18.1. The molecule has 0 aliphatic heterocycles. The first-order valence-corrected chi connectivity index (χ1v) is 26.4. The van der Waals surface area contributed by atoms with E-state index >= 15 is 4.57 Å². The number of fused-ring (bicyclic) bond motifs is 13. The molecule has 0 bridgehead atoms. The summed E-state index contributed by atoms with van der Waals surface area (Å²) in [6.07, 6.45) is 0. The maximum absolute atomic E-state index is 16.4. The van der Waals surface area contributed by atoms with E-state index in [0.29, 0.717) is 0 Å². The van der Waals surface area contributed by atoms with Gasteiger partial charge < -0.3 is 4.57 Å². The monoisotopic (exact) mass is 884 g/mol. The molecule has 2 aromatic heterocycles. The van der Waals surface area contributed by atoms with Crippen molar-refractivity contribution in [3.05, 3.63) is 231 Å². The average Bonchev–Trinajstić information content (AvgIpc) is 3.77. The van der Waals surface area contributed by atoms with Gasteiger partial charge in [0.1, 0.15) is 5.65 Å². The molecule has 0 aliphatic rings. The Balaban J connectivity index is 1.11. The van der Waals surface area contributed by atoms with Crippen LogP contribution in [0.25, 0.3) is 81.4 Å². The van der Waals surface area contributed by atoms with E-state index in [2.05, 4.69) is 199 Å². The zero-order valence-electron chi connectivity index (χ0n) is 35.0. The molecule has 0 amide bonds. The van der Waals surface area contributed by atoms with Crippen molar-refractivity contribution in [2.75, 3.05) is 0 Å². The van der Waals surface area contributed by atoms with Crippen molar-refractivity contribution < 1.29 is 4.57 Å². The van der Waals surface area contributed by atoms with Crippen molar-refractivity contribution in [2.24, 2.45) is 0 Å². The van der Waals surface area contributed by atoms with Gasteiger partial charge in [-0.15, -0.1) is 0 Å². The van der Waals surface area contributed by atoms with Crippen LogP contribution in [0.4, 0.5) is 0 Å². The average molecular weight is 885 g/mol. The first-order valence-electron chi connectivity index (χ1n) is 21.9. The quantitative estimate of drug-likeness (QED) is 0.123. The van der Waals surface area contributed by atoms with Crippen molar-refractivity contribution in [3.63, 3.8) is 0 Å². The first kappa shape index (κ1) is 38.3. The van der Waals surface area contributed by atoms with Crippen LogP contribution in [0.15, 0.2) is 231 Å². The summed E-state index contributed by atoms with van der Waals surface area (Å²) in [7, 11) is -3.44. The molecule has 306 valence electrons. The molecule has 1 unspecified atom stereocenters. The molecule has 13 aromatic rings. The molecule has 6 heteroatoms. The van der Waals surface area contributed by atoms with Gasteiger partial charge in [-0.3, -0.25) is 4.40 Å². The van der Waals surface area contributed by atoms with Crippen LogP contribution in [0.5, 0.6) is 0 Å². The maximum Gasteiger partial charge on any atom is 0.171 e. The lowest BCUT2D eigenvalue weighted by Crippen LogP contribution is -2.25. The standard InChI is InChI=1S/C59H38N2OP2S/c62-63(47-26-22-39-12-4-7-16-43(39)34-47,48-27-23-40-13-5-8-17-44(40)35-48)49-30-33-56-55(37-49)60-59-58-52-21-11-10-15-42(52)25-31-54(58)53-32-29-51(38-57(53)61(56)59)64(65,46-19-2-1-3-20-46)50-28-24-41-14-6-9-18-45(41)36-50/h1-38H. The van der Waals surface area contributed by atoms with E-state index in [9.17, 15) is 0 Å². The largest absolute Gasteiger partial charge is 0.309 e. The van der Waals surface area contributed by atoms with Crippen molar-refractivity contribution >= 4 is 138 Å². The number of pyridine rings is 1. The van der Waals surface area contributed by atoms with Crippen molar-refractivity contribution in [1.82, 2.24) is 9.38 Å². The zero-order chi connectivity index (χ0) is 43.3.